The van der Waals surface area contributed by atoms with E-state index in [1.54, 1.807) is 0 Å². The molecule has 1 aromatic heterocycles. The van der Waals surface area contributed by atoms with Crippen molar-refractivity contribution in [3.05, 3.63) is 28.0 Å². The number of alkyl halides is 5. The molecule has 1 rings (SSSR count). The second-order valence-electron chi connectivity index (χ2n) is 2.85. The average molecular weight is 261 g/mol. The minimum Gasteiger partial charge on any atom is -0.325 e. The monoisotopic (exact) mass is 260 g/mol. The van der Waals surface area contributed by atoms with Gasteiger partial charge in [-0.05, 0) is 6.07 Å². The van der Waals surface area contributed by atoms with E-state index in [0.717, 1.165) is 0 Å². The summed E-state index contributed by atoms with van der Waals surface area (Å²) < 4.78 is 61.8. The number of nitrogens with two attached hydrogens (primary N) is 1. The molecule has 90 valence electrons. The molecular weight excluding hydrogens is 255 g/mol. The van der Waals surface area contributed by atoms with Crippen LogP contribution in [0.3, 0.4) is 0 Å². The SMILES string of the molecule is NCc1nc(C(F)F)c(Cl)cc1C(F)(F)F. The number of pyridine rings is 1. The van der Waals surface area contributed by atoms with Crippen LogP contribution in [0.2, 0.25) is 5.02 Å². The largest absolute Gasteiger partial charge is 0.418 e. The van der Waals surface area contributed by atoms with E-state index >= 15 is 0 Å². The van der Waals surface area contributed by atoms with Gasteiger partial charge >= 0.3 is 6.18 Å². The van der Waals surface area contributed by atoms with Crippen molar-refractivity contribution >= 4 is 11.6 Å². The third-order valence-corrected chi connectivity index (χ3v) is 2.09. The fourth-order valence-electron chi connectivity index (χ4n) is 1.10. The predicted octanol–water partition coefficient (Wildman–Crippen LogP) is 3.15. The van der Waals surface area contributed by atoms with E-state index in [9.17, 15) is 22.0 Å². The molecule has 1 heterocycles. The minimum atomic E-state index is -4.72. The highest BCUT2D eigenvalue weighted by Crippen LogP contribution is 2.35. The van der Waals surface area contributed by atoms with Crippen LogP contribution < -0.4 is 5.73 Å². The Labute approximate surface area is 92.2 Å². The summed E-state index contributed by atoms with van der Waals surface area (Å²) in [5.41, 5.74) is 2.29. The van der Waals surface area contributed by atoms with E-state index in [2.05, 4.69) is 4.98 Å². The van der Waals surface area contributed by atoms with Crippen LogP contribution in [0, 0.1) is 0 Å². The fraction of sp³-hybridized carbons (Fsp3) is 0.375. The molecule has 0 atom stereocenters. The topological polar surface area (TPSA) is 38.9 Å². The summed E-state index contributed by atoms with van der Waals surface area (Å²) in [5, 5.41) is -0.723. The second kappa shape index (κ2) is 4.50. The maximum Gasteiger partial charge on any atom is 0.418 e. The minimum absolute atomic E-state index is 0.415. The highest BCUT2D eigenvalue weighted by atomic mass is 35.5. The number of hydrogen-bond donors (Lipinski definition) is 1. The first-order chi connectivity index (χ1) is 7.27. The van der Waals surface area contributed by atoms with Gasteiger partial charge in [-0.2, -0.15) is 13.2 Å². The first-order valence-corrected chi connectivity index (χ1v) is 4.40. The third-order valence-electron chi connectivity index (χ3n) is 1.79. The molecule has 2 N–H and O–H groups in total. The summed E-state index contributed by atoms with van der Waals surface area (Å²) in [6.07, 6.45) is -7.76. The Kier molecular flexibility index (Phi) is 3.69. The molecule has 0 saturated heterocycles. The lowest BCUT2D eigenvalue weighted by molar-refractivity contribution is -0.138. The number of hydrogen-bond acceptors (Lipinski definition) is 2. The molecule has 0 amide bonds. The summed E-state index contributed by atoms with van der Waals surface area (Å²) in [6, 6.07) is 0.415. The van der Waals surface area contributed by atoms with Crippen LogP contribution in [0.25, 0.3) is 0 Å². The number of halogens is 6. The van der Waals surface area contributed by atoms with E-state index < -0.39 is 41.1 Å². The van der Waals surface area contributed by atoms with E-state index in [0.29, 0.717) is 6.07 Å². The fourth-order valence-corrected chi connectivity index (χ4v) is 1.33. The molecule has 0 radical (unpaired) electrons. The van der Waals surface area contributed by atoms with Crippen LogP contribution in [0.15, 0.2) is 6.07 Å². The van der Waals surface area contributed by atoms with Crippen molar-refractivity contribution in [3.63, 3.8) is 0 Å². The van der Waals surface area contributed by atoms with Gasteiger partial charge in [-0.25, -0.2) is 13.8 Å². The lowest BCUT2D eigenvalue weighted by Gasteiger charge is -2.13. The lowest BCUT2D eigenvalue weighted by Crippen LogP contribution is -2.15. The Bertz CT molecular complexity index is 391. The van der Waals surface area contributed by atoms with Crippen molar-refractivity contribution in [1.82, 2.24) is 4.98 Å². The molecule has 0 aliphatic heterocycles. The van der Waals surface area contributed by atoms with Crippen molar-refractivity contribution in [1.29, 1.82) is 0 Å². The Morgan fingerprint density at radius 1 is 1.38 bits per heavy atom. The summed E-state index contributed by atoms with van der Waals surface area (Å²) in [4.78, 5) is 3.13. The van der Waals surface area contributed by atoms with Crippen LogP contribution in [0.4, 0.5) is 22.0 Å². The Morgan fingerprint density at radius 2 is 1.94 bits per heavy atom. The molecule has 0 unspecified atom stereocenters. The zero-order chi connectivity index (χ0) is 12.5. The van der Waals surface area contributed by atoms with Crippen molar-refractivity contribution < 1.29 is 22.0 Å². The molecule has 0 spiro atoms. The number of rotatable bonds is 2. The summed E-state index contributed by atoms with van der Waals surface area (Å²) >= 11 is 5.28. The molecule has 8 heteroatoms. The summed E-state index contributed by atoms with van der Waals surface area (Å²) in [7, 11) is 0. The molecule has 1 aromatic rings. The van der Waals surface area contributed by atoms with Gasteiger partial charge in [0, 0.05) is 6.54 Å². The normalized spacial score (nSPS) is 12.2. The van der Waals surface area contributed by atoms with Crippen molar-refractivity contribution in [2.24, 2.45) is 5.73 Å². The molecule has 0 aliphatic rings. The van der Waals surface area contributed by atoms with Gasteiger partial charge in [0.15, 0.2) is 0 Å². The Balaban J connectivity index is 3.38. The lowest BCUT2D eigenvalue weighted by atomic mass is 10.1. The molecule has 0 aromatic carbocycles. The summed E-state index contributed by atoms with van der Waals surface area (Å²) in [6.45, 7) is -0.592. The van der Waals surface area contributed by atoms with E-state index in [4.69, 9.17) is 17.3 Å². The van der Waals surface area contributed by atoms with Gasteiger partial charge in [-0.15, -0.1) is 0 Å². The second-order valence-corrected chi connectivity index (χ2v) is 3.26. The predicted molar refractivity (Wildman–Crippen MR) is 47.1 cm³/mol. The molecule has 2 nitrogen and oxygen atoms in total. The molecule has 0 bridgehead atoms. The Morgan fingerprint density at radius 3 is 2.31 bits per heavy atom. The molecule has 0 fully saturated rings. The highest BCUT2D eigenvalue weighted by Gasteiger charge is 2.35. The van der Waals surface area contributed by atoms with E-state index in [-0.39, 0.29) is 0 Å². The standard InChI is InChI=1S/C8H6ClF5N2/c9-4-1-3(8(12,13)14)5(2-15)16-6(4)7(10)11/h1,7H,2,15H2. The van der Waals surface area contributed by atoms with Crippen LogP contribution in [-0.2, 0) is 12.7 Å². The third kappa shape index (κ3) is 2.59. The first kappa shape index (κ1) is 13.1. The molecule has 0 aliphatic carbocycles. The zero-order valence-electron chi connectivity index (χ0n) is 7.65. The average Bonchev–Trinajstić information content (AvgIpc) is 2.15. The number of nitrogens with zero attached hydrogens (tertiary/aromatic N) is 1. The van der Waals surface area contributed by atoms with Gasteiger partial charge in [0.25, 0.3) is 6.43 Å². The molecule has 0 saturated carbocycles. The maximum absolute atomic E-state index is 12.4. The summed E-state index contributed by atoms with van der Waals surface area (Å²) in [5.74, 6) is 0. The van der Waals surface area contributed by atoms with Gasteiger partial charge in [-0.1, -0.05) is 11.6 Å². The van der Waals surface area contributed by atoms with Crippen LogP contribution in [0.5, 0.6) is 0 Å². The van der Waals surface area contributed by atoms with Gasteiger partial charge in [0.1, 0.15) is 5.69 Å². The molecular formula is C8H6ClF5N2. The first-order valence-electron chi connectivity index (χ1n) is 4.02. The van der Waals surface area contributed by atoms with Gasteiger partial charge in [0.2, 0.25) is 0 Å². The number of aromatic nitrogens is 1. The van der Waals surface area contributed by atoms with Gasteiger partial charge in [0.05, 0.1) is 16.3 Å². The smallest absolute Gasteiger partial charge is 0.325 e. The van der Waals surface area contributed by atoms with Crippen molar-refractivity contribution in [3.8, 4) is 0 Å². The zero-order valence-corrected chi connectivity index (χ0v) is 8.41. The van der Waals surface area contributed by atoms with E-state index in [1.807, 2.05) is 0 Å². The van der Waals surface area contributed by atoms with Gasteiger partial charge in [-0.3, -0.25) is 0 Å². The van der Waals surface area contributed by atoms with Gasteiger partial charge < -0.3 is 5.73 Å². The van der Waals surface area contributed by atoms with Crippen molar-refractivity contribution in [2.45, 2.75) is 19.1 Å². The maximum atomic E-state index is 12.4. The van der Waals surface area contributed by atoms with Crippen molar-refractivity contribution in [2.75, 3.05) is 0 Å². The quantitative estimate of drug-likeness (QED) is 0.830. The molecule has 16 heavy (non-hydrogen) atoms. The van der Waals surface area contributed by atoms with E-state index in [1.165, 1.54) is 0 Å². The highest BCUT2D eigenvalue weighted by molar-refractivity contribution is 6.31. The van der Waals surface area contributed by atoms with Crippen LogP contribution >= 0.6 is 11.6 Å². The Hall–Kier alpha value is -0.950. The van der Waals surface area contributed by atoms with Crippen LogP contribution in [0.1, 0.15) is 23.4 Å². The van der Waals surface area contributed by atoms with Crippen LogP contribution in [-0.4, -0.2) is 4.98 Å².